The van der Waals surface area contributed by atoms with Gasteiger partial charge >= 0.3 is 0 Å². The van der Waals surface area contributed by atoms with Crippen LogP contribution in [0.3, 0.4) is 0 Å². The Bertz CT molecular complexity index is 872. The largest absolute Gasteiger partial charge is 0.337 e. The monoisotopic (exact) mass is 382 g/mol. The summed E-state index contributed by atoms with van der Waals surface area (Å²) in [5.41, 5.74) is 2.46. The number of piperidine rings is 1. The van der Waals surface area contributed by atoms with Gasteiger partial charge < -0.3 is 4.90 Å². The van der Waals surface area contributed by atoms with Crippen LogP contribution < -0.4 is 4.72 Å². The van der Waals surface area contributed by atoms with E-state index in [-0.39, 0.29) is 11.9 Å². The van der Waals surface area contributed by atoms with Gasteiger partial charge in [-0.2, -0.15) is 0 Å². The molecule has 136 valence electrons. The lowest BCUT2D eigenvalue weighted by Gasteiger charge is -2.32. The van der Waals surface area contributed by atoms with E-state index in [0.29, 0.717) is 18.7 Å². The number of aryl methyl sites for hydroxylation is 1. The van der Waals surface area contributed by atoms with Crippen molar-refractivity contribution < 1.29 is 13.2 Å². The van der Waals surface area contributed by atoms with Gasteiger partial charge in [0.25, 0.3) is 5.91 Å². The van der Waals surface area contributed by atoms with Gasteiger partial charge in [-0.15, -0.1) is 11.3 Å². The Morgan fingerprint density at radius 3 is 2.80 bits per heavy atom. The van der Waals surface area contributed by atoms with Gasteiger partial charge in [-0.05, 0) is 32.8 Å². The molecule has 0 spiro atoms. The number of thiazole rings is 1. The lowest BCUT2D eigenvalue weighted by atomic mass is 10.1. The van der Waals surface area contributed by atoms with E-state index in [9.17, 15) is 13.2 Å². The fourth-order valence-corrected chi connectivity index (χ4v) is 4.88. The van der Waals surface area contributed by atoms with Crippen molar-refractivity contribution in [3.63, 3.8) is 0 Å². The lowest BCUT2D eigenvalue weighted by molar-refractivity contribution is 0.0702. The molecule has 2 aromatic rings. The van der Waals surface area contributed by atoms with Crippen LogP contribution in [-0.2, 0) is 10.0 Å². The van der Waals surface area contributed by atoms with Crippen molar-refractivity contribution in [2.75, 3.05) is 19.3 Å². The van der Waals surface area contributed by atoms with Gasteiger partial charge in [0.15, 0.2) is 5.13 Å². The van der Waals surface area contributed by atoms with E-state index in [1.54, 1.807) is 11.1 Å². The van der Waals surface area contributed by atoms with E-state index in [2.05, 4.69) is 9.71 Å². The molecule has 0 aromatic carbocycles. The van der Waals surface area contributed by atoms with Crippen molar-refractivity contribution in [3.05, 3.63) is 34.6 Å². The fourth-order valence-electron chi connectivity index (χ4n) is 3.33. The van der Waals surface area contributed by atoms with Gasteiger partial charge in [-0.25, -0.2) is 18.1 Å². The highest BCUT2D eigenvalue weighted by Gasteiger charge is 2.28. The molecule has 1 amide bonds. The molecule has 1 saturated heterocycles. The molecule has 0 saturated carbocycles. The number of nitrogens with zero attached hydrogens (tertiary/aromatic N) is 3. The van der Waals surface area contributed by atoms with E-state index in [1.165, 1.54) is 11.3 Å². The lowest BCUT2D eigenvalue weighted by Crippen LogP contribution is -2.49. The third-order valence-corrected chi connectivity index (χ3v) is 5.88. The summed E-state index contributed by atoms with van der Waals surface area (Å²) < 4.78 is 27.5. The van der Waals surface area contributed by atoms with E-state index < -0.39 is 10.0 Å². The van der Waals surface area contributed by atoms with Gasteiger partial charge in [0, 0.05) is 42.1 Å². The number of amides is 1. The van der Waals surface area contributed by atoms with Crippen LogP contribution in [0.5, 0.6) is 0 Å². The normalized spacial score (nSPS) is 18.5. The zero-order valence-electron chi connectivity index (χ0n) is 14.5. The van der Waals surface area contributed by atoms with Crippen molar-refractivity contribution in [1.82, 2.24) is 19.2 Å². The number of carbonyl (C=O) groups is 1. The van der Waals surface area contributed by atoms with Crippen LogP contribution in [-0.4, -0.2) is 54.2 Å². The van der Waals surface area contributed by atoms with Crippen LogP contribution in [0.25, 0.3) is 5.13 Å². The molecule has 9 heteroatoms. The number of aromatic nitrogens is 2. The maximum absolute atomic E-state index is 13.0. The highest BCUT2D eigenvalue weighted by molar-refractivity contribution is 7.88. The molecule has 25 heavy (non-hydrogen) atoms. The van der Waals surface area contributed by atoms with Crippen LogP contribution in [0.4, 0.5) is 0 Å². The number of nitrogens with one attached hydrogen (secondary N) is 1. The highest BCUT2D eigenvalue weighted by Crippen LogP contribution is 2.24. The summed E-state index contributed by atoms with van der Waals surface area (Å²) in [4.78, 5) is 19.0. The van der Waals surface area contributed by atoms with Crippen molar-refractivity contribution in [2.45, 2.75) is 32.7 Å². The van der Waals surface area contributed by atoms with Gasteiger partial charge in [-0.1, -0.05) is 0 Å². The van der Waals surface area contributed by atoms with Crippen molar-refractivity contribution in [1.29, 1.82) is 0 Å². The molecule has 0 radical (unpaired) electrons. The number of hydrogen-bond donors (Lipinski definition) is 1. The summed E-state index contributed by atoms with van der Waals surface area (Å²) in [6, 6.07) is 1.65. The van der Waals surface area contributed by atoms with Gasteiger partial charge in [0.2, 0.25) is 10.0 Å². The quantitative estimate of drug-likeness (QED) is 0.872. The second-order valence-corrected chi connectivity index (χ2v) is 9.07. The summed E-state index contributed by atoms with van der Waals surface area (Å²) in [5.74, 6) is -0.0593. The molecular weight excluding hydrogens is 360 g/mol. The predicted molar refractivity (Wildman–Crippen MR) is 97.8 cm³/mol. The van der Waals surface area contributed by atoms with Crippen molar-refractivity contribution in [3.8, 4) is 5.13 Å². The summed E-state index contributed by atoms with van der Waals surface area (Å²) in [6.45, 7) is 4.90. The van der Waals surface area contributed by atoms with Crippen LogP contribution in [0, 0.1) is 13.8 Å². The second kappa shape index (κ2) is 6.89. The average Bonchev–Trinajstić information content (AvgIpc) is 3.13. The first kappa shape index (κ1) is 18.1. The minimum absolute atomic E-state index is 0.0593. The van der Waals surface area contributed by atoms with Gasteiger partial charge in [-0.3, -0.25) is 9.36 Å². The summed E-state index contributed by atoms with van der Waals surface area (Å²) in [5, 5.41) is 2.74. The van der Waals surface area contributed by atoms with Crippen molar-refractivity contribution >= 4 is 27.3 Å². The van der Waals surface area contributed by atoms with E-state index in [1.807, 2.05) is 29.9 Å². The topological polar surface area (TPSA) is 84.3 Å². The zero-order valence-corrected chi connectivity index (χ0v) is 16.2. The first-order chi connectivity index (χ1) is 11.8. The molecule has 3 rings (SSSR count). The molecule has 0 aliphatic carbocycles. The first-order valence-electron chi connectivity index (χ1n) is 8.11. The molecule has 7 nitrogen and oxygen atoms in total. The number of rotatable bonds is 4. The Kier molecular flexibility index (Phi) is 4.99. The molecule has 0 bridgehead atoms. The maximum Gasteiger partial charge on any atom is 0.255 e. The third-order valence-electron chi connectivity index (χ3n) is 4.36. The maximum atomic E-state index is 13.0. The molecule has 1 aliphatic rings. The number of likely N-dealkylation sites (tertiary alicyclic amines) is 1. The molecule has 3 heterocycles. The molecule has 1 N–H and O–H groups in total. The van der Waals surface area contributed by atoms with Gasteiger partial charge in [0.1, 0.15) is 0 Å². The number of sulfonamides is 1. The average molecular weight is 383 g/mol. The molecule has 1 unspecified atom stereocenters. The van der Waals surface area contributed by atoms with Crippen LogP contribution in [0.15, 0.2) is 17.6 Å². The Morgan fingerprint density at radius 1 is 1.40 bits per heavy atom. The summed E-state index contributed by atoms with van der Waals surface area (Å²) in [7, 11) is -3.28. The highest BCUT2D eigenvalue weighted by atomic mass is 32.2. The summed E-state index contributed by atoms with van der Waals surface area (Å²) in [6.07, 6.45) is 4.42. The van der Waals surface area contributed by atoms with Crippen molar-refractivity contribution in [2.24, 2.45) is 0 Å². The molecule has 1 atom stereocenters. The van der Waals surface area contributed by atoms with E-state index >= 15 is 0 Å². The third kappa shape index (κ3) is 3.94. The van der Waals surface area contributed by atoms with E-state index in [4.69, 9.17) is 0 Å². The molecule has 2 aromatic heterocycles. The molecular formula is C16H22N4O3S2. The Labute approximate surface area is 151 Å². The minimum Gasteiger partial charge on any atom is -0.337 e. The molecule has 1 aliphatic heterocycles. The first-order valence-corrected chi connectivity index (χ1v) is 10.9. The SMILES string of the molecule is Cc1cc(C(=O)N2CCCC(NS(C)(=O)=O)C2)c(C)n1-c1nccs1. The Hall–Kier alpha value is -1.71. The molecule has 1 fully saturated rings. The Balaban J connectivity index is 1.83. The number of carbonyl (C=O) groups excluding carboxylic acids is 1. The zero-order chi connectivity index (χ0) is 18.2. The van der Waals surface area contributed by atoms with Crippen LogP contribution in [0.1, 0.15) is 34.6 Å². The standard InChI is InChI=1S/C16H22N4O3S2/c1-11-9-14(12(2)20(11)16-17-6-8-24-16)15(21)19-7-4-5-13(10-19)18-25(3,22)23/h6,8-9,13,18H,4-5,7,10H2,1-3H3. The second-order valence-electron chi connectivity index (χ2n) is 6.42. The fraction of sp³-hybridized carbons (Fsp3) is 0.500. The summed E-state index contributed by atoms with van der Waals surface area (Å²) >= 11 is 1.52. The van der Waals surface area contributed by atoms with Gasteiger partial charge in [0.05, 0.1) is 11.8 Å². The minimum atomic E-state index is -3.28. The van der Waals surface area contributed by atoms with Crippen LogP contribution >= 0.6 is 11.3 Å². The predicted octanol–water partition coefficient (Wildman–Crippen LogP) is 1.70. The van der Waals surface area contributed by atoms with Crippen LogP contribution in [0.2, 0.25) is 0 Å². The van der Waals surface area contributed by atoms with E-state index in [0.717, 1.165) is 35.6 Å². The smallest absolute Gasteiger partial charge is 0.255 e. The number of hydrogen-bond acceptors (Lipinski definition) is 5. The Morgan fingerprint density at radius 2 is 2.16 bits per heavy atom.